The summed E-state index contributed by atoms with van der Waals surface area (Å²) in [4.78, 5) is 22.7. The van der Waals surface area contributed by atoms with E-state index in [2.05, 4.69) is 21.6 Å². The maximum Gasteiger partial charge on any atom is 0.271 e. The van der Waals surface area contributed by atoms with Crippen LogP contribution < -0.4 is 10.1 Å². The molecule has 0 spiro atoms. The number of nitrogens with one attached hydrogen (secondary N) is 1. The van der Waals surface area contributed by atoms with Gasteiger partial charge >= 0.3 is 0 Å². The van der Waals surface area contributed by atoms with Crippen molar-refractivity contribution in [1.29, 1.82) is 0 Å². The molecule has 1 aromatic heterocycles. The van der Waals surface area contributed by atoms with E-state index in [-0.39, 0.29) is 34.2 Å². The van der Waals surface area contributed by atoms with Crippen LogP contribution in [-0.2, 0) is 11.8 Å². The van der Waals surface area contributed by atoms with Gasteiger partial charge < -0.3 is 14.6 Å². The molecule has 32 heavy (non-hydrogen) atoms. The number of benzene rings is 2. The van der Waals surface area contributed by atoms with Gasteiger partial charge in [0.1, 0.15) is 5.75 Å². The second-order valence-electron chi connectivity index (χ2n) is 7.24. The number of ether oxygens (including phenoxy) is 1. The molecule has 0 bridgehead atoms. The molecule has 168 valence electrons. The van der Waals surface area contributed by atoms with Gasteiger partial charge in [0.15, 0.2) is 17.1 Å². The van der Waals surface area contributed by atoms with E-state index in [0.29, 0.717) is 11.0 Å². The van der Waals surface area contributed by atoms with E-state index in [1.807, 2.05) is 32.9 Å². The van der Waals surface area contributed by atoms with Gasteiger partial charge in [-0.1, -0.05) is 29.4 Å². The number of hydrogen-bond donors (Lipinski definition) is 1. The van der Waals surface area contributed by atoms with E-state index in [1.54, 1.807) is 11.6 Å². The number of anilines is 1. The van der Waals surface area contributed by atoms with Crippen molar-refractivity contribution in [2.45, 2.75) is 32.0 Å². The summed E-state index contributed by atoms with van der Waals surface area (Å²) in [6.45, 7) is 5.90. The van der Waals surface area contributed by atoms with Crippen LogP contribution in [0, 0.1) is 24.0 Å². The molecule has 3 aromatic rings. The molecule has 11 heteroatoms. The summed E-state index contributed by atoms with van der Waals surface area (Å²) in [5, 5.41) is 22.6. The summed E-state index contributed by atoms with van der Waals surface area (Å²) in [7, 11) is 1.80. The Morgan fingerprint density at radius 3 is 2.59 bits per heavy atom. The van der Waals surface area contributed by atoms with Crippen LogP contribution in [-0.4, -0.2) is 31.3 Å². The van der Waals surface area contributed by atoms with Crippen molar-refractivity contribution in [3.05, 3.63) is 68.5 Å². The molecule has 1 atom stereocenters. The third-order valence-electron chi connectivity index (χ3n) is 4.51. The average Bonchev–Trinajstić information content (AvgIpc) is 3.07. The Balaban J connectivity index is 1.62. The molecule has 1 amide bonds. The zero-order valence-electron chi connectivity index (χ0n) is 18.0. The lowest BCUT2D eigenvalue weighted by molar-refractivity contribution is -0.384. The van der Waals surface area contributed by atoms with E-state index >= 15 is 0 Å². The minimum Gasteiger partial charge on any atom is -0.483 e. The van der Waals surface area contributed by atoms with Crippen LogP contribution in [0.4, 0.5) is 11.4 Å². The normalized spacial score (nSPS) is 11.8. The molecule has 1 unspecified atom stereocenters. The van der Waals surface area contributed by atoms with E-state index in [9.17, 15) is 14.9 Å². The van der Waals surface area contributed by atoms with Gasteiger partial charge in [0.25, 0.3) is 5.69 Å². The first-order valence-corrected chi connectivity index (χ1v) is 11.0. The van der Waals surface area contributed by atoms with E-state index in [1.165, 1.54) is 30.0 Å². The molecule has 3 rings (SSSR count). The van der Waals surface area contributed by atoms with Crippen LogP contribution in [0.15, 0.2) is 41.6 Å². The first-order chi connectivity index (χ1) is 15.1. The highest BCUT2D eigenvalue weighted by molar-refractivity contribution is 7.99. The van der Waals surface area contributed by atoms with Crippen molar-refractivity contribution < 1.29 is 14.5 Å². The van der Waals surface area contributed by atoms with E-state index in [4.69, 9.17) is 16.3 Å². The monoisotopic (exact) mass is 475 g/mol. The Morgan fingerprint density at radius 2 is 1.94 bits per heavy atom. The highest BCUT2D eigenvalue weighted by Gasteiger charge is 2.19. The van der Waals surface area contributed by atoms with Crippen LogP contribution in [0.2, 0.25) is 5.02 Å². The number of aromatic nitrogens is 3. The topological polar surface area (TPSA) is 112 Å². The van der Waals surface area contributed by atoms with Crippen molar-refractivity contribution in [2.24, 2.45) is 7.05 Å². The largest absolute Gasteiger partial charge is 0.483 e. The molecule has 1 heterocycles. The minimum atomic E-state index is -0.552. The third-order valence-corrected chi connectivity index (χ3v) is 5.86. The van der Waals surface area contributed by atoms with Gasteiger partial charge in [-0.25, -0.2) is 0 Å². The highest BCUT2D eigenvalue weighted by Crippen LogP contribution is 2.28. The van der Waals surface area contributed by atoms with E-state index in [0.717, 1.165) is 16.9 Å². The minimum absolute atomic E-state index is 0.0251. The number of non-ortho nitro benzene ring substituents is 1. The van der Waals surface area contributed by atoms with Gasteiger partial charge in [0, 0.05) is 19.2 Å². The standard InChI is InChI=1S/C21H22ClN5O4S/c1-12-7-13(2)9-16(8-12)31-14(3)20-24-25-21(26(20)4)32-11-19(28)23-18-10-15(27(29)30)5-6-17(18)22/h5-10,14H,11H2,1-4H3,(H,23,28). The number of aryl methyl sites for hydroxylation is 2. The number of carbonyl (C=O) groups is 1. The molecule has 0 aliphatic heterocycles. The molecule has 0 aliphatic carbocycles. The third kappa shape index (κ3) is 5.77. The van der Waals surface area contributed by atoms with Gasteiger partial charge in [0.05, 0.1) is 21.4 Å². The lowest BCUT2D eigenvalue weighted by atomic mass is 10.1. The van der Waals surface area contributed by atoms with E-state index < -0.39 is 4.92 Å². The second-order valence-corrected chi connectivity index (χ2v) is 8.59. The number of thioether (sulfide) groups is 1. The Kier molecular flexibility index (Phi) is 7.37. The van der Waals surface area contributed by atoms with Crippen LogP contribution in [0.25, 0.3) is 0 Å². The maximum atomic E-state index is 12.3. The first-order valence-electron chi connectivity index (χ1n) is 9.65. The fraction of sp³-hybridized carbons (Fsp3) is 0.286. The Labute approximate surface area is 194 Å². The number of nitro benzene ring substituents is 1. The van der Waals surface area contributed by atoms with Crippen LogP contribution in [0.5, 0.6) is 5.75 Å². The predicted octanol–water partition coefficient (Wildman–Crippen LogP) is 4.86. The number of carbonyl (C=O) groups excluding carboxylic acids is 1. The summed E-state index contributed by atoms with van der Waals surface area (Å²) in [5.41, 5.74) is 2.24. The van der Waals surface area contributed by atoms with Gasteiger partial charge in [-0.05, 0) is 50.1 Å². The number of rotatable bonds is 8. The van der Waals surface area contributed by atoms with Crippen molar-refractivity contribution >= 4 is 40.6 Å². The Bertz CT molecular complexity index is 1150. The average molecular weight is 476 g/mol. The molecule has 0 aliphatic rings. The number of nitro groups is 1. The van der Waals surface area contributed by atoms with Gasteiger partial charge in [-0.2, -0.15) is 0 Å². The van der Waals surface area contributed by atoms with Crippen LogP contribution in [0.1, 0.15) is 30.0 Å². The van der Waals surface area contributed by atoms with Crippen LogP contribution in [0.3, 0.4) is 0 Å². The number of amides is 1. The molecular formula is C21H22ClN5O4S. The highest BCUT2D eigenvalue weighted by atomic mass is 35.5. The number of nitrogens with zero attached hydrogens (tertiary/aromatic N) is 4. The van der Waals surface area contributed by atoms with Gasteiger partial charge in [-0.3, -0.25) is 14.9 Å². The zero-order chi connectivity index (χ0) is 23.4. The van der Waals surface area contributed by atoms with Crippen molar-refractivity contribution in [1.82, 2.24) is 14.8 Å². The fourth-order valence-electron chi connectivity index (χ4n) is 3.10. The number of halogens is 1. The summed E-state index contributed by atoms with van der Waals surface area (Å²) in [6.07, 6.45) is -0.347. The SMILES string of the molecule is Cc1cc(C)cc(OC(C)c2nnc(SCC(=O)Nc3cc([N+](=O)[O-])ccc3Cl)n2C)c1. The Hall–Kier alpha value is -3.11. The summed E-state index contributed by atoms with van der Waals surface area (Å²) >= 11 is 7.21. The quantitative estimate of drug-likeness (QED) is 0.281. The summed E-state index contributed by atoms with van der Waals surface area (Å²) < 4.78 is 7.79. The lowest BCUT2D eigenvalue weighted by Crippen LogP contribution is -2.15. The zero-order valence-corrected chi connectivity index (χ0v) is 19.5. The van der Waals surface area contributed by atoms with Crippen molar-refractivity contribution in [2.75, 3.05) is 11.1 Å². The maximum absolute atomic E-state index is 12.3. The molecule has 0 saturated carbocycles. The molecule has 0 saturated heterocycles. The van der Waals surface area contributed by atoms with Crippen LogP contribution >= 0.6 is 23.4 Å². The Morgan fingerprint density at radius 1 is 1.25 bits per heavy atom. The predicted molar refractivity (Wildman–Crippen MR) is 123 cm³/mol. The first kappa shape index (κ1) is 23.6. The molecule has 9 nitrogen and oxygen atoms in total. The van der Waals surface area contributed by atoms with Gasteiger partial charge in [0.2, 0.25) is 5.91 Å². The van der Waals surface area contributed by atoms with Crippen molar-refractivity contribution in [3.63, 3.8) is 0 Å². The lowest BCUT2D eigenvalue weighted by Gasteiger charge is -2.15. The van der Waals surface area contributed by atoms with Gasteiger partial charge in [-0.15, -0.1) is 10.2 Å². The fourth-order valence-corrected chi connectivity index (χ4v) is 3.99. The molecule has 0 radical (unpaired) electrons. The van der Waals surface area contributed by atoms with Crippen molar-refractivity contribution in [3.8, 4) is 5.75 Å². The summed E-state index contributed by atoms with van der Waals surface area (Å²) in [5.74, 6) is 1.02. The number of hydrogen-bond acceptors (Lipinski definition) is 7. The second kappa shape index (κ2) is 10.0. The molecule has 2 aromatic carbocycles. The molecule has 1 N–H and O–H groups in total. The molecule has 0 fully saturated rings. The summed E-state index contributed by atoms with van der Waals surface area (Å²) in [6, 6.07) is 9.85. The molecular weight excluding hydrogens is 454 g/mol. The smallest absolute Gasteiger partial charge is 0.271 e.